The normalized spacial score (nSPS) is 12.2. The monoisotopic (exact) mass is 322 g/mol. The van der Waals surface area contributed by atoms with Gasteiger partial charge in [-0.15, -0.1) is 11.8 Å². The second kappa shape index (κ2) is 7.85. The van der Waals surface area contributed by atoms with Gasteiger partial charge < -0.3 is 16.2 Å². The van der Waals surface area contributed by atoms with E-state index in [0.717, 1.165) is 5.75 Å². The highest BCUT2D eigenvalue weighted by Crippen LogP contribution is 2.32. The molecule has 0 spiro atoms. The molecule has 0 aliphatic rings. The van der Waals surface area contributed by atoms with Crippen LogP contribution in [-0.2, 0) is 4.79 Å². The Morgan fingerprint density at radius 2 is 2.21 bits per heavy atom. The van der Waals surface area contributed by atoms with Crippen LogP contribution in [-0.4, -0.2) is 28.6 Å². The Balaban J connectivity index is 2.66. The summed E-state index contributed by atoms with van der Waals surface area (Å²) in [5, 5.41) is 11.9. The fourth-order valence-corrected chi connectivity index (χ4v) is 2.77. The zero-order chi connectivity index (χ0) is 14.4. The summed E-state index contributed by atoms with van der Waals surface area (Å²) < 4.78 is 0. The smallest absolute Gasteiger partial charge is 0.237 e. The maximum Gasteiger partial charge on any atom is 0.237 e. The molecule has 1 aromatic rings. The lowest BCUT2D eigenvalue weighted by Crippen LogP contribution is -2.23. The minimum atomic E-state index is -0.252. The minimum Gasteiger partial charge on any atom is -0.397 e. The number of halogens is 2. The summed E-state index contributed by atoms with van der Waals surface area (Å²) in [6.45, 7) is 1.91. The van der Waals surface area contributed by atoms with Crippen LogP contribution in [0.3, 0.4) is 0 Å². The Morgan fingerprint density at radius 3 is 2.79 bits per heavy atom. The molecule has 0 aliphatic carbocycles. The van der Waals surface area contributed by atoms with Crippen LogP contribution < -0.4 is 11.1 Å². The summed E-state index contributed by atoms with van der Waals surface area (Å²) in [5.74, 6) is 0.536. The van der Waals surface area contributed by atoms with Crippen LogP contribution in [0.25, 0.3) is 0 Å². The van der Waals surface area contributed by atoms with E-state index in [-0.39, 0.29) is 17.8 Å². The van der Waals surface area contributed by atoms with E-state index < -0.39 is 0 Å². The van der Waals surface area contributed by atoms with Crippen molar-refractivity contribution in [2.75, 3.05) is 23.4 Å². The van der Waals surface area contributed by atoms with Crippen molar-refractivity contribution < 1.29 is 9.90 Å². The number of thioether (sulfide) groups is 1. The summed E-state index contributed by atoms with van der Waals surface area (Å²) in [6, 6.07) is 3.06. The van der Waals surface area contributed by atoms with Gasteiger partial charge in [-0.1, -0.05) is 23.2 Å². The third-order valence-corrected chi connectivity index (χ3v) is 4.13. The lowest BCUT2D eigenvalue weighted by molar-refractivity contribution is -0.115. The first-order chi connectivity index (χ1) is 8.95. The number of hydrogen-bond donors (Lipinski definition) is 3. The van der Waals surface area contributed by atoms with Crippen LogP contribution in [0.5, 0.6) is 0 Å². The van der Waals surface area contributed by atoms with Gasteiger partial charge in [0, 0.05) is 11.6 Å². The van der Waals surface area contributed by atoms with Crippen molar-refractivity contribution in [1.82, 2.24) is 0 Å². The molecule has 106 valence electrons. The van der Waals surface area contributed by atoms with Crippen molar-refractivity contribution in [3.63, 3.8) is 0 Å². The summed E-state index contributed by atoms with van der Waals surface area (Å²) in [6.07, 6.45) is 0.659. The van der Waals surface area contributed by atoms with Gasteiger partial charge in [0.05, 0.1) is 21.6 Å². The van der Waals surface area contributed by atoms with Crippen molar-refractivity contribution in [2.24, 2.45) is 0 Å². The number of hydrogen-bond acceptors (Lipinski definition) is 4. The largest absolute Gasteiger partial charge is 0.397 e. The number of nitrogens with two attached hydrogens (primary N) is 1. The molecule has 1 unspecified atom stereocenters. The fourth-order valence-electron chi connectivity index (χ4n) is 1.35. The van der Waals surface area contributed by atoms with Crippen LogP contribution in [0.2, 0.25) is 10.0 Å². The zero-order valence-corrected chi connectivity index (χ0v) is 12.8. The molecular weight excluding hydrogens is 307 g/mol. The van der Waals surface area contributed by atoms with Gasteiger partial charge in [0.2, 0.25) is 5.91 Å². The Hall–Kier alpha value is -0.620. The number of rotatable bonds is 6. The van der Waals surface area contributed by atoms with Crippen molar-refractivity contribution >= 4 is 52.2 Å². The quantitative estimate of drug-likeness (QED) is 0.556. The lowest BCUT2D eigenvalue weighted by atomic mass is 10.2. The third kappa shape index (κ3) is 5.10. The van der Waals surface area contributed by atoms with Gasteiger partial charge in [0.25, 0.3) is 0 Å². The molecule has 0 heterocycles. The van der Waals surface area contributed by atoms with Crippen LogP contribution in [0.1, 0.15) is 13.3 Å². The van der Waals surface area contributed by atoms with Crippen LogP contribution in [0.15, 0.2) is 12.1 Å². The van der Waals surface area contributed by atoms with Crippen LogP contribution >= 0.6 is 35.0 Å². The van der Waals surface area contributed by atoms with Gasteiger partial charge in [0.1, 0.15) is 0 Å². The summed E-state index contributed by atoms with van der Waals surface area (Å²) in [7, 11) is 0. The first-order valence-electron chi connectivity index (χ1n) is 5.73. The van der Waals surface area contributed by atoms with Gasteiger partial charge in [-0.05, 0) is 31.2 Å². The second-order valence-electron chi connectivity index (χ2n) is 3.93. The number of anilines is 2. The first kappa shape index (κ1) is 16.4. The third-order valence-electron chi connectivity index (χ3n) is 2.37. The Morgan fingerprint density at radius 1 is 1.53 bits per heavy atom. The van der Waals surface area contributed by atoms with Crippen LogP contribution in [0, 0.1) is 0 Å². The van der Waals surface area contributed by atoms with Gasteiger partial charge in [-0.3, -0.25) is 4.79 Å². The molecule has 7 heteroatoms. The number of amides is 1. The lowest BCUT2D eigenvalue weighted by Gasteiger charge is -2.14. The Labute approximate surface area is 126 Å². The van der Waals surface area contributed by atoms with E-state index in [4.69, 9.17) is 34.0 Å². The highest BCUT2D eigenvalue weighted by atomic mass is 35.5. The van der Waals surface area contributed by atoms with Crippen molar-refractivity contribution in [1.29, 1.82) is 0 Å². The summed E-state index contributed by atoms with van der Waals surface area (Å²) >= 11 is 13.3. The molecule has 0 saturated heterocycles. The molecule has 0 aliphatic heterocycles. The maximum absolute atomic E-state index is 12.0. The number of carbonyl (C=O) groups excluding carboxylic acids is 1. The van der Waals surface area contributed by atoms with E-state index in [2.05, 4.69) is 5.32 Å². The second-order valence-corrected chi connectivity index (χ2v) is 6.22. The number of nitrogens with one attached hydrogen (secondary N) is 1. The van der Waals surface area contributed by atoms with E-state index >= 15 is 0 Å². The Kier molecular flexibility index (Phi) is 6.79. The van der Waals surface area contributed by atoms with Gasteiger partial charge >= 0.3 is 0 Å². The molecular formula is C12H16Cl2N2O2S. The average molecular weight is 323 g/mol. The molecule has 1 aromatic carbocycles. The molecule has 0 aromatic heterocycles. The van der Waals surface area contributed by atoms with Gasteiger partial charge in [-0.2, -0.15) is 0 Å². The fraction of sp³-hybridized carbons (Fsp3) is 0.417. The number of carbonyl (C=O) groups is 1. The number of nitrogen functional groups attached to an aromatic ring is 1. The average Bonchev–Trinajstić information content (AvgIpc) is 2.33. The maximum atomic E-state index is 12.0. The van der Waals surface area contributed by atoms with Crippen molar-refractivity contribution in [2.45, 2.75) is 18.6 Å². The SMILES string of the molecule is CC(SCCCO)C(=O)Nc1c(N)cc(Cl)cc1Cl. The molecule has 4 nitrogen and oxygen atoms in total. The molecule has 0 saturated carbocycles. The number of aliphatic hydroxyl groups excluding tert-OH is 1. The first-order valence-corrected chi connectivity index (χ1v) is 7.54. The zero-order valence-electron chi connectivity index (χ0n) is 10.5. The highest BCUT2D eigenvalue weighted by molar-refractivity contribution is 8.00. The molecule has 0 fully saturated rings. The molecule has 0 radical (unpaired) electrons. The summed E-state index contributed by atoms with van der Waals surface area (Å²) in [5.41, 5.74) is 6.48. The summed E-state index contributed by atoms with van der Waals surface area (Å²) in [4.78, 5) is 12.0. The Bertz CT molecular complexity index is 434. The van der Waals surface area contributed by atoms with E-state index in [1.54, 1.807) is 6.92 Å². The van der Waals surface area contributed by atoms with E-state index in [1.165, 1.54) is 23.9 Å². The number of aliphatic hydroxyl groups is 1. The van der Waals surface area contributed by atoms with Crippen LogP contribution in [0.4, 0.5) is 11.4 Å². The van der Waals surface area contributed by atoms with E-state index in [0.29, 0.717) is 27.8 Å². The van der Waals surface area contributed by atoms with Gasteiger partial charge in [-0.25, -0.2) is 0 Å². The standard InChI is InChI=1S/C12H16Cl2N2O2S/c1-7(19-4-2-3-17)12(18)16-11-9(14)5-8(13)6-10(11)15/h5-7,17H,2-4,15H2,1H3,(H,16,18). The topological polar surface area (TPSA) is 75.3 Å². The molecule has 19 heavy (non-hydrogen) atoms. The van der Waals surface area contributed by atoms with Crippen molar-refractivity contribution in [3.8, 4) is 0 Å². The predicted molar refractivity (Wildman–Crippen MR) is 83.1 cm³/mol. The van der Waals surface area contributed by atoms with Crippen molar-refractivity contribution in [3.05, 3.63) is 22.2 Å². The van der Waals surface area contributed by atoms with Gasteiger partial charge in [0.15, 0.2) is 0 Å². The molecule has 1 amide bonds. The van der Waals surface area contributed by atoms with E-state index in [9.17, 15) is 4.79 Å². The molecule has 1 rings (SSSR count). The number of benzene rings is 1. The highest BCUT2D eigenvalue weighted by Gasteiger charge is 2.16. The minimum absolute atomic E-state index is 0.122. The van der Waals surface area contributed by atoms with E-state index in [1.807, 2.05) is 0 Å². The molecule has 0 bridgehead atoms. The molecule has 4 N–H and O–H groups in total. The molecule has 1 atom stereocenters. The predicted octanol–water partition coefficient (Wildman–Crippen LogP) is 3.02.